The molecule has 0 saturated carbocycles. The van der Waals surface area contributed by atoms with E-state index in [1.165, 1.54) is 0 Å². The maximum atomic E-state index is 9.12. The molecule has 0 amide bonds. The molecule has 1 unspecified atom stereocenters. The molecule has 0 radical (unpaired) electrons. The lowest BCUT2D eigenvalue weighted by Crippen LogP contribution is -1.85. The molecule has 0 spiro atoms. The lowest BCUT2D eigenvalue weighted by atomic mass is 10.2. The Labute approximate surface area is 63.5 Å². The van der Waals surface area contributed by atoms with Crippen molar-refractivity contribution in [2.24, 2.45) is 10.2 Å². The summed E-state index contributed by atoms with van der Waals surface area (Å²) >= 11 is 0. The highest BCUT2D eigenvalue weighted by Crippen LogP contribution is 2.32. The zero-order chi connectivity index (χ0) is 6.97. The Morgan fingerprint density at radius 3 is 2.73 bits per heavy atom. The van der Waals surface area contributed by atoms with E-state index in [1.807, 2.05) is 24.3 Å². The lowest BCUT2D eigenvalue weighted by Gasteiger charge is -1.96. The van der Waals surface area contributed by atoms with Crippen molar-refractivity contribution in [2.45, 2.75) is 6.23 Å². The Hall–Kier alpha value is -1.26. The van der Waals surface area contributed by atoms with Gasteiger partial charge in [0.05, 0.1) is 5.69 Å². The van der Waals surface area contributed by atoms with Gasteiger partial charge in [-0.05, 0) is 6.07 Å². The van der Waals surface area contributed by atoms with Crippen LogP contribution in [0.25, 0.3) is 0 Å². The van der Waals surface area contributed by atoms with Gasteiger partial charge < -0.3 is 10.6 Å². The van der Waals surface area contributed by atoms with Crippen molar-refractivity contribution >= 4 is 5.69 Å². The second kappa shape index (κ2) is 2.77. The maximum Gasteiger partial charge on any atom is 0.194 e. The van der Waals surface area contributed by atoms with E-state index in [0.29, 0.717) is 0 Å². The van der Waals surface area contributed by atoms with E-state index < -0.39 is 6.23 Å². The van der Waals surface area contributed by atoms with Gasteiger partial charge in [0.1, 0.15) is 0 Å². The molecule has 4 nitrogen and oxygen atoms in total. The van der Waals surface area contributed by atoms with Crippen LogP contribution >= 0.6 is 0 Å². The predicted molar refractivity (Wildman–Crippen MR) is 39.5 cm³/mol. The van der Waals surface area contributed by atoms with Gasteiger partial charge in [-0.15, -0.1) is 0 Å². The molecular formula is C7H8N2O2. The van der Waals surface area contributed by atoms with Gasteiger partial charge in [-0.25, -0.2) is 0 Å². The van der Waals surface area contributed by atoms with Crippen LogP contribution in [0.4, 0.5) is 5.69 Å². The van der Waals surface area contributed by atoms with Crippen molar-refractivity contribution in [3.05, 3.63) is 29.8 Å². The van der Waals surface area contributed by atoms with E-state index in [9.17, 15) is 0 Å². The zero-order valence-corrected chi connectivity index (χ0v) is 5.73. The molecule has 3 N–H and O–H groups in total. The number of aliphatic hydroxyl groups excluding tert-OH is 1. The minimum absolute atomic E-state index is 0. The summed E-state index contributed by atoms with van der Waals surface area (Å²) in [6.07, 6.45) is -0.740. The summed E-state index contributed by atoms with van der Waals surface area (Å²) in [5.41, 5.74) is 1.57. The number of rotatable bonds is 0. The van der Waals surface area contributed by atoms with E-state index in [4.69, 9.17) is 5.11 Å². The van der Waals surface area contributed by atoms with Crippen molar-refractivity contribution in [1.82, 2.24) is 0 Å². The second-order valence-electron chi connectivity index (χ2n) is 2.15. The van der Waals surface area contributed by atoms with Gasteiger partial charge in [-0.2, -0.15) is 10.2 Å². The van der Waals surface area contributed by atoms with E-state index in [1.54, 1.807) is 0 Å². The molecule has 2 rings (SSSR count). The summed E-state index contributed by atoms with van der Waals surface area (Å²) in [7, 11) is 0. The second-order valence-corrected chi connectivity index (χ2v) is 2.15. The molecule has 58 valence electrons. The number of hydrogen-bond donors (Lipinski definition) is 1. The monoisotopic (exact) mass is 152 g/mol. The van der Waals surface area contributed by atoms with Crippen molar-refractivity contribution in [3.8, 4) is 0 Å². The molecular weight excluding hydrogens is 144 g/mol. The normalized spacial score (nSPS) is 19.2. The van der Waals surface area contributed by atoms with E-state index in [-0.39, 0.29) is 5.48 Å². The fourth-order valence-electron chi connectivity index (χ4n) is 0.976. The molecule has 0 aromatic heterocycles. The van der Waals surface area contributed by atoms with Crippen LogP contribution in [0.15, 0.2) is 34.5 Å². The predicted octanol–water partition coefficient (Wildman–Crippen LogP) is 0.950. The number of azo groups is 1. The summed E-state index contributed by atoms with van der Waals surface area (Å²) in [4.78, 5) is 0. The van der Waals surface area contributed by atoms with Gasteiger partial charge in [-0.1, -0.05) is 18.2 Å². The van der Waals surface area contributed by atoms with Gasteiger partial charge >= 0.3 is 0 Å². The lowest BCUT2D eigenvalue weighted by molar-refractivity contribution is 0.188. The SMILES string of the molecule is O.OC1N=Nc2ccccc21. The summed E-state index contributed by atoms with van der Waals surface area (Å²) < 4.78 is 0. The van der Waals surface area contributed by atoms with Crippen LogP contribution in [0.2, 0.25) is 0 Å². The first-order chi connectivity index (χ1) is 4.88. The Balaban J connectivity index is 0.000000605. The third-order valence-corrected chi connectivity index (χ3v) is 1.49. The quantitative estimate of drug-likeness (QED) is 0.590. The van der Waals surface area contributed by atoms with Crippen LogP contribution in [0.3, 0.4) is 0 Å². The number of nitrogens with zero attached hydrogens (tertiary/aromatic N) is 2. The van der Waals surface area contributed by atoms with Crippen LogP contribution in [-0.4, -0.2) is 10.6 Å². The fourth-order valence-corrected chi connectivity index (χ4v) is 0.976. The first-order valence-electron chi connectivity index (χ1n) is 3.06. The van der Waals surface area contributed by atoms with Crippen LogP contribution in [-0.2, 0) is 0 Å². The molecule has 1 aromatic rings. The number of fused-ring (bicyclic) bond motifs is 1. The Bertz CT molecular complexity index is 286. The smallest absolute Gasteiger partial charge is 0.194 e. The van der Waals surface area contributed by atoms with Gasteiger partial charge in [0.15, 0.2) is 6.23 Å². The molecule has 0 fully saturated rings. The average molecular weight is 152 g/mol. The average Bonchev–Trinajstić information content (AvgIpc) is 2.34. The largest absolute Gasteiger partial charge is 0.412 e. The Kier molecular flexibility index (Phi) is 1.98. The van der Waals surface area contributed by atoms with Crippen molar-refractivity contribution in [2.75, 3.05) is 0 Å². The summed E-state index contributed by atoms with van der Waals surface area (Å²) in [6, 6.07) is 7.38. The van der Waals surface area contributed by atoms with Crippen LogP contribution < -0.4 is 0 Å². The molecule has 1 aromatic carbocycles. The zero-order valence-electron chi connectivity index (χ0n) is 5.73. The molecule has 1 aliphatic heterocycles. The maximum absolute atomic E-state index is 9.12. The Morgan fingerprint density at radius 2 is 2.00 bits per heavy atom. The number of benzene rings is 1. The molecule has 1 atom stereocenters. The van der Waals surface area contributed by atoms with E-state index in [0.717, 1.165) is 11.3 Å². The van der Waals surface area contributed by atoms with Gasteiger partial charge in [0, 0.05) is 5.56 Å². The van der Waals surface area contributed by atoms with Crippen molar-refractivity contribution < 1.29 is 10.6 Å². The number of hydrogen-bond acceptors (Lipinski definition) is 3. The highest BCUT2D eigenvalue weighted by molar-refractivity contribution is 5.48. The first kappa shape index (κ1) is 7.84. The minimum Gasteiger partial charge on any atom is -0.412 e. The van der Waals surface area contributed by atoms with Crippen LogP contribution in [0.1, 0.15) is 11.8 Å². The van der Waals surface area contributed by atoms with Crippen molar-refractivity contribution in [1.29, 1.82) is 0 Å². The summed E-state index contributed by atoms with van der Waals surface area (Å²) in [5, 5.41) is 16.5. The molecule has 11 heavy (non-hydrogen) atoms. The molecule has 1 heterocycles. The van der Waals surface area contributed by atoms with Gasteiger partial charge in [0.25, 0.3) is 0 Å². The number of aliphatic hydroxyl groups is 1. The topological polar surface area (TPSA) is 76.5 Å². The van der Waals surface area contributed by atoms with Crippen LogP contribution in [0, 0.1) is 0 Å². The fraction of sp³-hybridized carbons (Fsp3) is 0.143. The third kappa shape index (κ3) is 1.13. The Morgan fingerprint density at radius 1 is 1.27 bits per heavy atom. The summed E-state index contributed by atoms with van der Waals surface area (Å²) in [5.74, 6) is 0. The standard InChI is InChI=1S/C7H6N2O.H2O/c10-7-5-3-1-2-4-6(5)8-9-7;/h1-4,7,10H;1H2. The highest BCUT2D eigenvalue weighted by Gasteiger charge is 2.15. The molecule has 0 bridgehead atoms. The van der Waals surface area contributed by atoms with E-state index >= 15 is 0 Å². The molecule has 0 aliphatic carbocycles. The van der Waals surface area contributed by atoms with E-state index in [2.05, 4.69) is 10.2 Å². The minimum atomic E-state index is -0.740. The van der Waals surface area contributed by atoms with Crippen LogP contribution in [0.5, 0.6) is 0 Å². The van der Waals surface area contributed by atoms with Crippen molar-refractivity contribution in [3.63, 3.8) is 0 Å². The molecule has 1 aliphatic rings. The summed E-state index contributed by atoms with van der Waals surface area (Å²) in [6.45, 7) is 0. The molecule has 0 saturated heterocycles. The van der Waals surface area contributed by atoms with Gasteiger partial charge in [-0.3, -0.25) is 0 Å². The third-order valence-electron chi connectivity index (χ3n) is 1.49. The highest BCUT2D eigenvalue weighted by atomic mass is 16.3. The first-order valence-corrected chi connectivity index (χ1v) is 3.06. The molecule has 4 heteroatoms. The van der Waals surface area contributed by atoms with Gasteiger partial charge in [0.2, 0.25) is 0 Å².